The normalized spacial score (nSPS) is 10.2. The van der Waals surface area contributed by atoms with Gasteiger partial charge in [-0.05, 0) is 26.3 Å². The lowest BCUT2D eigenvalue weighted by molar-refractivity contribution is 0.667. The van der Waals surface area contributed by atoms with E-state index in [2.05, 4.69) is 35.1 Å². The molecule has 0 amide bonds. The predicted molar refractivity (Wildman–Crippen MR) is 80.1 cm³/mol. The standard InChI is InChI=1S/C15H24N4/c1-5-8-16-11-14-12-17-15(18-13(14)4)19(9-6-2)10-7-3/h2,12,16H,5,7-11H2,1,3-4H3. The molecule has 19 heavy (non-hydrogen) atoms. The highest BCUT2D eigenvalue weighted by Crippen LogP contribution is 2.11. The molecule has 0 bridgehead atoms. The summed E-state index contributed by atoms with van der Waals surface area (Å²) in [5, 5.41) is 3.37. The van der Waals surface area contributed by atoms with Crippen LogP contribution in [0.15, 0.2) is 6.20 Å². The van der Waals surface area contributed by atoms with E-state index in [9.17, 15) is 0 Å². The minimum Gasteiger partial charge on any atom is -0.330 e. The third kappa shape index (κ3) is 4.88. The zero-order chi connectivity index (χ0) is 14.1. The highest BCUT2D eigenvalue weighted by Gasteiger charge is 2.09. The fraction of sp³-hybridized carbons (Fsp3) is 0.600. The van der Waals surface area contributed by atoms with Crippen molar-refractivity contribution >= 4 is 5.95 Å². The Morgan fingerprint density at radius 1 is 1.37 bits per heavy atom. The second kappa shape index (κ2) is 8.49. The lowest BCUT2D eigenvalue weighted by Gasteiger charge is -2.20. The highest BCUT2D eigenvalue weighted by molar-refractivity contribution is 5.34. The fourth-order valence-corrected chi connectivity index (χ4v) is 1.84. The van der Waals surface area contributed by atoms with E-state index in [4.69, 9.17) is 6.42 Å². The molecule has 0 aliphatic rings. The minimum atomic E-state index is 0.556. The van der Waals surface area contributed by atoms with Crippen LogP contribution in [0.2, 0.25) is 0 Å². The summed E-state index contributed by atoms with van der Waals surface area (Å²) in [6.07, 6.45) is 9.45. The van der Waals surface area contributed by atoms with E-state index >= 15 is 0 Å². The number of hydrogen-bond acceptors (Lipinski definition) is 4. The molecule has 1 N–H and O–H groups in total. The van der Waals surface area contributed by atoms with Gasteiger partial charge in [0, 0.05) is 30.5 Å². The third-order valence-corrected chi connectivity index (χ3v) is 2.87. The molecule has 104 valence electrons. The molecule has 1 aromatic heterocycles. The monoisotopic (exact) mass is 260 g/mol. The first-order chi connectivity index (χ1) is 9.22. The van der Waals surface area contributed by atoms with Gasteiger partial charge in [0.05, 0.1) is 6.54 Å². The van der Waals surface area contributed by atoms with Crippen LogP contribution < -0.4 is 10.2 Å². The second-order valence-electron chi connectivity index (χ2n) is 4.58. The number of hydrogen-bond donors (Lipinski definition) is 1. The Balaban J connectivity index is 2.76. The molecular weight excluding hydrogens is 236 g/mol. The SMILES string of the molecule is C#CCN(CCC)c1ncc(CNCCC)c(C)n1. The van der Waals surface area contributed by atoms with Crippen molar-refractivity contribution in [3.8, 4) is 12.3 Å². The van der Waals surface area contributed by atoms with Crippen molar-refractivity contribution in [2.45, 2.75) is 40.2 Å². The summed E-state index contributed by atoms with van der Waals surface area (Å²) in [5.41, 5.74) is 2.17. The summed E-state index contributed by atoms with van der Waals surface area (Å²) in [7, 11) is 0. The molecule has 4 nitrogen and oxygen atoms in total. The molecule has 0 saturated heterocycles. The van der Waals surface area contributed by atoms with Crippen molar-refractivity contribution < 1.29 is 0 Å². The lowest BCUT2D eigenvalue weighted by atomic mass is 10.2. The van der Waals surface area contributed by atoms with Gasteiger partial charge in [-0.2, -0.15) is 0 Å². The summed E-state index contributed by atoms with van der Waals surface area (Å²) in [6, 6.07) is 0. The molecule has 0 radical (unpaired) electrons. The zero-order valence-electron chi connectivity index (χ0n) is 12.2. The molecule has 0 aliphatic heterocycles. The lowest BCUT2D eigenvalue weighted by Crippen LogP contribution is -2.27. The van der Waals surface area contributed by atoms with Gasteiger partial charge in [0.15, 0.2) is 0 Å². The van der Waals surface area contributed by atoms with Crippen molar-refractivity contribution in [2.24, 2.45) is 0 Å². The molecular formula is C15H24N4. The van der Waals surface area contributed by atoms with Crippen LogP contribution in [0.3, 0.4) is 0 Å². The van der Waals surface area contributed by atoms with Gasteiger partial charge in [-0.3, -0.25) is 0 Å². The van der Waals surface area contributed by atoms with Crippen LogP contribution in [0.5, 0.6) is 0 Å². The van der Waals surface area contributed by atoms with Crippen molar-refractivity contribution in [2.75, 3.05) is 24.5 Å². The van der Waals surface area contributed by atoms with Crippen molar-refractivity contribution in [3.63, 3.8) is 0 Å². The Kier molecular flexibility index (Phi) is 6.91. The van der Waals surface area contributed by atoms with Crippen molar-refractivity contribution in [1.82, 2.24) is 15.3 Å². The predicted octanol–water partition coefficient (Wildman–Crippen LogP) is 2.13. The van der Waals surface area contributed by atoms with Crippen LogP contribution in [0.4, 0.5) is 5.95 Å². The zero-order valence-corrected chi connectivity index (χ0v) is 12.2. The van der Waals surface area contributed by atoms with E-state index in [1.807, 2.05) is 18.0 Å². The molecule has 0 unspecified atom stereocenters. The van der Waals surface area contributed by atoms with Gasteiger partial charge in [-0.1, -0.05) is 19.8 Å². The smallest absolute Gasteiger partial charge is 0.226 e. The first-order valence-corrected chi connectivity index (χ1v) is 6.94. The van der Waals surface area contributed by atoms with Crippen LogP contribution in [0, 0.1) is 19.3 Å². The van der Waals surface area contributed by atoms with Crippen LogP contribution >= 0.6 is 0 Å². The summed E-state index contributed by atoms with van der Waals surface area (Å²) in [6.45, 7) is 9.58. The van der Waals surface area contributed by atoms with Gasteiger partial charge in [-0.15, -0.1) is 6.42 Å². The van der Waals surface area contributed by atoms with E-state index < -0.39 is 0 Å². The summed E-state index contributed by atoms with van der Waals surface area (Å²) >= 11 is 0. The number of nitrogens with zero attached hydrogens (tertiary/aromatic N) is 3. The van der Waals surface area contributed by atoms with E-state index in [1.54, 1.807) is 0 Å². The Hall–Kier alpha value is -1.60. The fourth-order valence-electron chi connectivity index (χ4n) is 1.84. The maximum Gasteiger partial charge on any atom is 0.226 e. The minimum absolute atomic E-state index is 0.556. The molecule has 0 fully saturated rings. The van der Waals surface area contributed by atoms with Crippen LogP contribution in [0.1, 0.15) is 37.9 Å². The largest absolute Gasteiger partial charge is 0.330 e. The Morgan fingerprint density at radius 2 is 2.16 bits per heavy atom. The van der Waals surface area contributed by atoms with Gasteiger partial charge in [-0.25, -0.2) is 9.97 Å². The molecule has 1 rings (SSSR count). The van der Waals surface area contributed by atoms with Crippen molar-refractivity contribution in [1.29, 1.82) is 0 Å². The van der Waals surface area contributed by atoms with Gasteiger partial charge >= 0.3 is 0 Å². The molecule has 4 heteroatoms. The molecule has 1 aromatic rings. The number of anilines is 1. The molecule has 0 aliphatic carbocycles. The van der Waals surface area contributed by atoms with Crippen molar-refractivity contribution in [3.05, 3.63) is 17.5 Å². The summed E-state index contributed by atoms with van der Waals surface area (Å²) in [5.74, 6) is 3.39. The Bertz CT molecular complexity index is 423. The molecule has 0 atom stereocenters. The highest BCUT2D eigenvalue weighted by atomic mass is 15.2. The molecule has 0 spiro atoms. The first kappa shape index (κ1) is 15.5. The van der Waals surface area contributed by atoms with E-state index in [0.29, 0.717) is 6.54 Å². The number of nitrogens with one attached hydrogen (secondary N) is 1. The van der Waals surface area contributed by atoms with Crippen LogP contribution in [-0.2, 0) is 6.54 Å². The number of aryl methyl sites for hydroxylation is 1. The summed E-state index contributed by atoms with van der Waals surface area (Å²) < 4.78 is 0. The van der Waals surface area contributed by atoms with E-state index in [1.165, 1.54) is 0 Å². The number of aromatic nitrogens is 2. The van der Waals surface area contributed by atoms with E-state index in [-0.39, 0.29) is 0 Å². The third-order valence-electron chi connectivity index (χ3n) is 2.87. The Labute approximate surface area is 116 Å². The second-order valence-corrected chi connectivity index (χ2v) is 4.58. The average Bonchev–Trinajstić information content (AvgIpc) is 2.40. The molecule has 0 aromatic carbocycles. The molecule has 1 heterocycles. The average molecular weight is 260 g/mol. The topological polar surface area (TPSA) is 41.1 Å². The number of terminal acetylenes is 1. The quantitative estimate of drug-likeness (QED) is 0.574. The Morgan fingerprint density at radius 3 is 2.74 bits per heavy atom. The van der Waals surface area contributed by atoms with Gasteiger partial charge in [0.1, 0.15) is 0 Å². The first-order valence-electron chi connectivity index (χ1n) is 6.94. The maximum absolute atomic E-state index is 5.39. The maximum atomic E-state index is 5.39. The van der Waals surface area contributed by atoms with Crippen LogP contribution in [-0.4, -0.2) is 29.6 Å². The van der Waals surface area contributed by atoms with Crippen LogP contribution in [0.25, 0.3) is 0 Å². The van der Waals surface area contributed by atoms with E-state index in [0.717, 1.165) is 49.7 Å². The van der Waals surface area contributed by atoms with Gasteiger partial charge < -0.3 is 10.2 Å². The number of rotatable bonds is 8. The molecule has 0 saturated carbocycles. The van der Waals surface area contributed by atoms with Gasteiger partial charge in [0.2, 0.25) is 5.95 Å². The van der Waals surface area contributed by atoms with Gasteiger partial charge in [0.25, 0.3) is 0 Å². The summed E-state index contributed by atoms with van der Waals surface area (Å²) in [4.78, 5) is 11.0.